The molecule has 0 radical (unpaired) electrons. The number of hydrogen-bond acceptors (Lipinski definition) is 4. The van der Waals surface area contributed by atoms with Gasteiger partial charge in [0.05, 0.1) is 11.5 Å². The molecule has 1 saturated carbocycles. The number of aromatic nitrogens is 2. The van der Waals surface area contributed by atoms with Crippen LogP contribution in [-0.4, -0.2) is 33.0 Å². The Labute approximate surface area is 104 Å². The first-order valence-corrected chi connectivity index (χ1v) is 5.95. The molecule has 1 aromatic heterocycles. The van der Waals surface area contributed by atoms with Crippen LogP contribution in [-0.2, 0) is 4.79 Å². The fraction of sp³-hybridized carbons (Fsp3) is 0.500. The number of rotatable bonds is 3. The van der Waals surface area contributed by atoms with Gasteiger partial charge in [-0.2, -0.15) is 0 Å². The van der Waals surface area contributed by atoms with Crippen molar-refractivity contribution in [3.63, 3.8) is 0 Å². The molecule has 96 valence electrons. The molecule has 1 amide bonds. The molecule has 1 fully saturated rings. The van der Waals surface area contributed by atoms with E-state index in [1.165, 1.54) is 18.7 Å². The van der Waals surface area contributed by atoms with E-state index in [4.69, 9.17) is 5.11 Å². The lowest BCUT2D eigenvalue weighted by Gasteiger charge is -2.26. The first-order chi connectivity index (χ1) is 8.66. The van der Waals surface area contributed by atoms with Crippen LogP contribution in [0.25, 0.3) is 0 Å². The van der Waals surface area contributed by atoms with Gasteiger partial charge < -0.3 is 10.4 Å². The number of hydrogen-bond donors (Lipinski definition) is 2. The SMILES string of the molecule is O=C(NC1CCC(C(=O)O)CC1)c1cncnc1. The van der Waals surface area contributed by atoms with Gasteiger partial charge in [-0.25, -0.2) is 9.97 Å². The fourth-order valence-electron chi connectivity index (χ4n) is 2.17. The summed E-state index contributed by atoms with van der Waals surface area (Å²) in [5.74, 6) is -1.20. The highest BCUT2D eigenvalue weighted by Gasteiger charge is 2.26. The van der Waals surface area contributed by atoms with Crippen molar-refractivity contribution >= 4 is 11.9 Å². The Morgan fingerprint density at radius 1 is 1.17 bits per heavy atom. The summed E-state index contributed by atoms with van der Waals surface area (Å²) in [6, 6.07) is 0.0494. The highest BCUT2D eigenvalue weighted by Crippen LogP contribution is 2.24. The van der Waals surface area contributed by atoms with Crippen LogP contribution < -0.4 is 5.32 Å². The molecule has 0 bridgehead atoms. The molecule has 2 N–H and O–H groups in total. The molecule has 6 heteroatoms. The summed E-state index contributed by atoms with van der Waals surface area (Å²) in [4.78, 5) is 30.2. The number of carboxylic acid groups (broad SMARTS) is 1. The monoisotopic (exact) mass is 249 g/mol. The maximum absolute atomic E-state index is 11.8. The Morgan fingerprint density at radius 2 is 1.78 bits per heavy atom. The Hall–Kier alpha value is -1.98. The molecule has 1 heterocycles. The zero-order valence-electron chi connectivity index (χ0n) is 9.87. The van der Waals surface area contributed by atoms with E-state index in [-0.39, 0.29) is 17.9 Å². The predicted octanol–water partition coefficient (Wildman–Crippen LogP) is 0.850. The molecule has 6 nitrogen and oxygen atoms in total. The van der Waals surface area contributed by atoms with Gasteiger partial charge in [0.2, 0.25) is 0 Å². The summed E-state index contributed by atoms with van der Waals surface area (Å²) in [7, 11) is 0. The van der Waals surface area contributed by atoms with E-state index in [0.29, 0.717) is 31.2 Å². The molecule has 18 heavy (non-hydrogen) atoms. The summed E-state index contributed by atoms with van der Waals surface area (Å²) in [6.07, 6.45) is 6.94. The molecule has 0 saturated heterocycles. The Bertz CT molecular complexity index is 427. The van der Waals surface area contributed by atoms with E-state index in [2.05, 4.69) is 15.3 Å². The van der Waals surface area contributed by atoms with Crippen molar-refractivity contribution in [3.05, 3.63) is 24.3 Å². The van der Waals surface area contributed by atoms with Crippen LogP contribution in [0.3, 0.4) is 0 Å². The Morgan fingerprint density at radius 3 is 2.33 bits per heavy atom. The third kappa shape index (κ3) is 3.03. The zero-order valence-corrected chi connectivity index (χ0v) is 9.87. The van der Waals surface area contributed by atoms with Gasteiger partial charge in [0.1, 0.15) is 6.33 Å². The topological polar surface area (TPSA) is 92.2 Å². The van der Waals surface area contributed by atoms with Crippen LogP contribution in [0.5, 0.6) is 0 Å². The minimum absolute atomic E-state index is 0.0494. The molecule has 0 spiro atoms. The van der Waals surface area contributed by atoms with Crippen LogP contribution in [0.4, 0.5) is 0 Å². The standard InChI is InChI=1S/C12H15N3O3/c16-11(9-5-13-7-14-6-9)15-10-3-1-8(2-4-10)12(17)18/h5-8,10H,1-4H2,(H,15,16)(H,17,18). The quantitative estimate of drug-likeness (QED) is 0.828. The second-order valence-corrected chi connectivity index (χ2v) is 4.49. The van der Waals surface area contributed by atoms with E-state index < -0.39 is 5.97 Å². The van der Waals surface area contributed by atoms with Gasteiger partial charge in [0.25, 0.3) is 5.91 Å². The van der Waals surface area contributed by atoms with Gasteiger partial charge in [0.15, 0.2) is 0 Å². The number of nitrogens with one attached hydrogen (secondary N) is 1. The van der Waals surface area contributed by atoms with Crippen LogP contribution in [0, 0.1) is 5.92 Å². The number of nitrogens with zero attached hydrogens (tertiary/aromatic N) is 2. The average molecular weight is 249 g/mol. The third-order valence-electron chi connectivity index (χ3n) is 3.23. The average Bonchev–Trinajstić information content (AvgIpc) is 2.40. The van der Waals surface area contributed by atoms with Gasteiger partial charge >= 0.3 is 5.97 Å². The first kappa shape index (κ1) is 12.5. The molecule has 0 aliphatic heterocycles. The van der Waals surface area contributed by atoms with Crippen molar-refractivity contribution in [1.82, 2.24) is 15.3 Å². The molecule has 1 aromatic rings. The number of aliphatic carboxylic acids is 1. The van der Waals surface area contributed by atoms with E-state index in [1.54, 1.807) is 0 Å². The van der Waals surface area contributed by atoms with Crippen molar-refractivity contribution in [1.29, 1.82) is 0 Å². The minimum Gasteiger partial charge on any atom is -0.481 e. The number of carbonyl (C=O) groups is 2. The van der Waals surface area contributed by atoms with Crippen molar-refractivity contribution in [2.24, 2.45) is 5.92 Å². The van der Waals surface area contributed by atoms with Crippen LogP contribution in [0.1, 0.15) is 36.0 Å². The van der Waals surface area contributed by atoms with E-state index >= 15 is 0 Å². The molecule has 2 rings (SSSR count). The number of carbonyl (C=O) groups excluding carboxylic acids is 1. The molecule has 0 unspecified atom stereocenters. The second-order valence-electron chi connectivity index (χ2n) is 4.49. The number of carboxylic acids is 1. The normalized spacial score (nSPS) is 23.3. The van der Waals surface area contributed by atoms with Gasteiger partial charge in [-0.1, -0.05) is 0 Å². The summed E-state index contributed by atoms with van der Waals surface area (Å²) in [5, 5.41) is 11.8. The van der Waals surface area contributed by atoms with E-state index in [9.17, 15) is 9.59 Å². The summed E-state index contributed by atoms with van der Waals surface area (Å²) < 4.78 is 0. The molecule has 0 atom stereocenters. The van der Waals surface area contributed by atoms with Gasteiger partial charge in [-0.15, -0.1) is 0 Å². The molecule has 0 aromatic carbocycles. The fourth-order valence-corrected chi connectivity index (χ4v) is 2.17. The minimum atomic E-state index is -0.740. The van der Waals surface area contributed by atoms with Gasteiger partial charge in [-0.05, 0) is 25.7 Å². The van der Waals surface area contributed by atoms with E-state index in [0.717, 1.165) is 0 Å². The summed E-state index contributed by atoms with van der Waals surface area (Å²) in [6.45, 7) is 0. The second kappa shape index (κ2) is 5.57. The maximum atomic E-state index is 11.8. The summed E-state index contributed by atoms with van der Waals surface area (Å²) in [5.41, 5.74) is 0.429. The Balaban J connectivity index is 1.85. The maximum Gasteiger partial charge on any atom is 0.306 e. The van der Waals surface area contributed by atoms with Crippen molar-refractivity contribution in [2.45, 2.75) is 31.7 Å². The largest absolute Gasteiger partial charge is 0.481 e. The zero-order chi connectivity index (χ0) is 13.0. The molecular formula is C12H15N3O3. The van der Waals surface area contributed by atoms with Crippen LogP contribution in [0.2, 0.25) is 0 Å². The van der Waals surface area contributed by atoms with Crippen LogP contribution >= 0.6 is 0 Å². The smallest absolute Gasteiger partial charge is 0.306 e. The van der Waals surface area contributed by atoms with Crippen molar-refractivity contribution in [3.8, 4) is 0 Å². The number of amides is 1. The Kier molecular flexibility index (Phi) is 3.86. The lowest BCUT2D eigenvalue weighted by molar-refractivity contribution is -0.142. The lowest BCUT2D eigenvalue weighted by Crippen LogP contribution is -2.38. The van der Waals surface area contributed by atoms with Gasteiger partial charge in [0, 0.05) is 18.4 Å². The first-order valence-electron chi connectivity index (χ1n) is 5.95. The lowest BCUT2D eigenvalue weighted by atomic mass is 9.86. The summed E-state index contributed by atoms with van der Waals surface area (Å²) >= 11 is 0. The predicted molar refractivity (Wildman–Crippen MR) is 62.9 cm³/mol. The van der Waals surface area contributed by atoms with Gasteiger partial charge in [-0.3, -0.25) is 9.59 Å². The van der Waals surface area contributed by atoms with Crippen molar-refractivity contribution in [2.75, 3.05) is 0 Å². The molecule has 1 aliphatic carbocycles. The van der Waals surface area contributed by atoms with Crippen LogP contribution in [0.15, 0.2) is 18.7 Å². The molecule has 1 aliphatic rings. The highest BCUT2D eigenvalue weighted by atomic mass is 16.4. The molecular weight excluding hydrogens is 234 g/mol. The third-order valence-corrected chi connectivity index (χ3v) is 3.23. The van der Waals surface area contributed by atoms with E-state index in [1.807, 2.05) is 0 Å². The van der Waals surface area contributed by atoms with Crippen molar-refractivity contribution < 1.29 is 14.7 Å². The highest BCUT2D eigenvalue weighted by molar-refractivity contribution is 5.93.